The smallest absolute Gasteiger partial charge is 0.224 e. The van der Waals surface area contributed by atoms with E-state index in [2.05, 4.69) is 0 Å². The largest absolute Gasteiger partial charge is 0.236 e. The SMILES string of the molecule is CC(c1ccc(S(C)(=O)=O)cc1)N(C)S(=O)(=O)C=Cc1ccccc1. The number of sulfone groups is 1. The minimum Gasteiger partial charge on any atom is -0.224 e. The first-order valence-electron chi connectivity index (χ1n) is 7.62. The van der Waals surface area contributed by atoms with Crippen molar-refractivity contribution in [3.05, 3.63) is 71.1 Å². The molecule has 2 aromatic carbocycles. The Labute approximate surface area is 149 Å². The molecule has 0 saturated carbocycles. The monoisotopic (exact) mass is 379 g/mol. The maximum Gasteiger partial charge on any atom is 0.236 e. The fourth-order valence-electron chi connectivity index (χ4n) is 2.25. The summed E-state index contributed by atoms with van der Waals surface area (Å²) in [5, 5.41) is 1.17. The molecule has 0 amide bonds. The highest BCUT2D eigenvalue weighted by atomic mass is 32.2. The molecule has 0 aliphatic rings. The number of rotatable bonds is 6. The summed E-state index contributed by atoms with van der Waals surface area (Å²) >= 11 is 0. The maximum absolute atomic E-state index is 12.5. The van der Waals surface area contributed by atoms with Crippen LogP contribution in [0.1, 0.15) is 24.1 Å². The van der Waals surface area contributed by atoms with Crippen molar-refractivity contribution >= 4 is 25.9 Å². The molecule has 0 fully saturated rings. The van der Waals surface area contributed by atoms with Gasteiger partial charge in [-0.3, -0.25) is 0 Å². The molecule has 2 rings (SSSR count). The Morgan fingerprint density at radius 2 is 1.48 bits per heavy atom. The Balaban J connectivity index is 2.20. The fourth-order valence-corrected chi connectivity index (χ4v) is 3.96. The van der Waals surface area contributed by atoms with E-state index in [1.807, 2.05) is 30.3 Å². The maximum atomic E-state index is 12.5. The quantitative estimate of drug-likeness (QED) is 0.773. The van der Waals surface area contributed by atoms with E-state index in [1.165, 1.54) is 28.9 Å². The highest BCUT2D eigenvalue weighted by molar-refractivity contribution is 7.92. The lowest BCUT2D eigenvalue weighted by Crippen LogP contribution is -2.28. The molecule has 1 unspecified atom stereocenters. The lowest BCUT2D eigenvalue weighted by atomic mass is 10.1. The van der Waals surface area contributed by atoms with E-state index in [0.29, 0.717) is 5.56 Å². The van der Waals surface area contributed by atoms with Crippen LogP contribution in [0.5, 0.6) is 0 Å². The molecule has 134 valence electrons. The van der Waals surface area contributed by atoms with Crippen molar-refractivity contribution in [2.45, 2.75) is 17.9 Å². The number of hydrogen-bond acceptors (Lipinski definition) is 4. The number of hydrogen-bond donors (Lipinski definition) is 0. The third-order valence-electron chi connectivity index (χ3n) is 3.97. The van der Waals surface area contributed by atoms with Gasteiger partial charge in [0, 0.05) is 24.8 Å². The molecule has 7 heteroatoms. The normalized spacial score (nSPS) is 14.1. The van der Waals surface area contributed by atoms with Crippen LogP contribution in [-0.4, -0.2) is 34.4 Å². The molecule has 2 aromatic rings. The predicted molar refractivity (Wildman–Crippen MR) is 100 cm³/mol. The summed E-state index contributed by atoms with van der Waals surface area (Å²) in [6, 6.07) is 15.0. The summed E-state index contributed by atoms with van der Waals surface area (Å²) in [6.45, 7) is 1.75. The minimum absolute atomic E-state index is 0.206. The highest BCUT2D eigenvalue weighted by Gasteiger charge is 2.22. The summed E-state index contributed by atoms with van der Waals surface area (Å²) in [6.07, 6.45) is 2.68. The van der Waals surface area contributed by atoms with Gasteiger partial charge in [-0.05, 0) is 36.3 Å². The van der Waals surface area contributed by atoms with E-state index in [-0.39, 0.29) is 4.90 Å². The van der Waals surface area contributed by atoms with Crippen molar-refractivity contribution in [3.8, 4) is 0 Å². The molecule has 0 aromatic heterocycles. The third-order valence-corrected chi connectivity index (χ3v) is 6.70. The minimum atomic E-state index is -3.61. The zero-order chi connectivity index (χ0) is 18.7. The van der Waals surface area contributed by atoms with E-state index in [9.17, 15) is 16.8 Å². The molecule has 0 aliphatic carbocycles. The summed E-state index contributed by atoms with van der Waals surface area (Å²) in [5.41, 5.74) is 1.51. The third kappa shape index (κ3) is 5.01. The van der Waals surface area contributed by atoms with Crippen LogP contribution in [0, 0.1) is 0 Å². The molecule has 0 saturated heterocycles. The van der Waals surface area contributed by atoms with Crippen LogP contribution in [0.25, 0.3) is 6.08 Å². The standard InChI is InChI=1S/C18H21NO4S2/c1-15(17-9-11-18(12-10-17)24(3,20)21)19(2)25(22,23)14-13-16-7-5-4-6-8-16/h4-15H,1-3H3. The second-order valence-electron chi connectivity index (χ2n) is 5.79. The van der Waals surface area contributed by atoms with E-state index in [0.717, 1.165) is 11.8 Å². The first kappa shape index (κ1) is 19.4. The number of sulfonamides is 1. The van der Waals surface area contributed by atoms with Crippen molar-refractivity contribution in [2.24, 2.45) is 0 Å². The average Bonchev–Trinajstić information content (AvgIpc) is 2.59. The Bertz CT molecular complexity index is 948. The van der Waals surface area contributed by atoms with Gasteiger partial charge in [0.1, 0.15) is 0 Å². The van der Waals surface area contributed by atoms with Crippen LogP contribution in [-0.2, 0) is 19.9 Å². The first-order chi connectivity index (χ1) is 11.6. The van der Waals surface area contributed by atoms with Gasteiger partial charge in [0.05, 0.1) is 4.90 Å². The zero-order valence-corrected chi connectivity index (χ0v) is 16.0. The summed E-state index contributed by atoms with van der Waals surface area (Å²) < 4.78 is 49.3. The Kier molecular flexibility index (Phi) is 5.82. The molecule has 25 heavy (non-hydrogen) atoms. The van der Waals surface area contributed by atoms with Crippen LogP contribution in [0.3, 0.4) is 0 Å². The second kappa shape index (κ2) is 7.51. The van der Waals surface area contributed by atoms with Crippen LogP contribution in [0.15, 0.2) is 64.9 Å². The molecule has 5 nitrogen and oxygen atoms in total. The molecule has 0 radical (unpaired) electrons. The number of benzene rings is 2. The van der Waals surface area contributed by atoms with Gasteiger partial charge in [0.2, 0.25) is 10.0 Å². The lowest BCUT2D eigenvalue weighted by molar-refractivity contribution is 0.404. The van der Waals surface area contributed by atoms with Gasteiger partial charge < -0.3 is 0 Å². The van der Waals surface area contributed by atoms with Crippen molar-refractivity contribution in [1.29, 1.82) is 0 Å². The Morgan fingerprint density at radius 1 is 0.920 bits per heavy atom. The average molecular weight is 380 g/mol. The Morgan fingerprint density at radius 3 is 2.00 bits per heavy atom. The van der Waals surface area contributed by atoms with E-state index >= 15 is 0 Å². The van der Waals surface area contributed by atoms with E-state index < -0.39 is 25.9 Å². The van der Waals surface area contributed by atoms with Gasteiger partial charge >= 0.3 is 0 Å². The van der Waals surface area contributed by atoms with Gasteiger partial charge in [-0.25, -0.2) is 16.8 Å². The molecule has 0 bridgehead atoms. The molecule has 0 heterocycles. The van der Waals surface area contributed by atoms with Gasteiger partial charge in [-0.2, -0.15) is 4.31 Å². The summed E-state index contributed by atoms with van der Waals surface area (Å²) in [7, 11) is -5.39. The van der Waals surface area contributed by atoms with Crippen LogP contribution >= 0.6 is 0 Å². The summed E-state index contributed by atoms with van der Waals surface area (Å²) in [5.74, 6) is 0. The van der Waals surface area contributed by atoms with E-state index in [4.69, 9.17) is 0 Å². The summed E-state index contributed by atoms with van der Waals surface area (Å²) in [4.78, 5) is 0.206. The van der Waals surface area contributed by atoms with Gasteiger partial charge in [-0.1, -0.05) is 42.5 Å². The van der Waals surface area contributed by atoms with Crippen LogP contribution in [0.2, 0.25) is 0 Å². The van der Waals surface area contributed by atoms with Gasteiger partial charge in [0.15, 0.2) is 9.84 Å². The predicted octanol–water partition coefficient (Wildman–Crippen LogP) is 3.08. The van der Waals surface area contributed by atoms with E-state index in [1.54, 1.807) is 25.1 Å². The molecular formula is C18H21NO4S2. The molecule has 1 atom stereocenters. The highest BCUT2D eigenvalue weighted by Crippen LogP contribution is 2.24. The van der Waals surface area contributed by atoms with Crippen LogP contribution in [0.4, 0.5) is 0 Å². The zero-order valence-electron chi connectivity index (χ0n) is 14.3. The van der Waals surface area contributed by atoms with Crippen molar-refractivity contribution in [1.82, 2.24) is 4.31 Å². The van der Waals surface area contributed by atoms with Crippen molar-refractivity contribution in [3.63, 3.8) is 0 Å². The van der Waals surface area contributed by atoms with Gasteiger partial charge in [0.25, 0.3) is 0 Å². The second-order valence-corrected chi connectivity index (χ2v) is 9.69. The van der Waals surface area contributed by atoms with Crippen molar-refractivity contribution < 1.29 is 16.8 Å². The van der Waals surface area contributed by atoms with Crippen LogP contribution < -0.4 is 0 Å². The van der Waals surface area contributed by atoms with Crippen molar-refractivity contribution in [2.75, 3.05) is 13.3 Å². The van der Waals surface area contributed by atoms with Gasteiger partial charge in [-0.15, -0.1) is 0 Å². The molecule has 0 spiro atoms. The first-order valence-corrected chi connectivity index (χ1v) is 11.0. The topological polar surface area (TPSA) is 71.5 Å². The Hall–Kier alpha value is -1.96. The molecular weight excluding hydrogens is 358 g/mol. The molecule has 0 aliphatic heterocycles. The molecule has 0 N–H and O–H groups in total. The number of nitrogens with zero attached hydrogens (tertiary/aromatic N) is 1. The fraction of sp³-hybridized carbons (Fsp3) is 0.222. The lowest BCUT2D eigenvalue weighted by Gasteiger charge is -2.23.